The number of hydrogen-bond donors (Lipinski definition) is 1. The molecule has 18 heavy (non-hydrogen) atoms. The number of anilines is 1. The Morgan fingerprint density at radius 3 is 2.56 bits per heavy atom. The van der Waals surface area contributed by atoms with E-state index in [-0.39, 0.29) is 5.91 Å². The van der Waals surface area contributed by atoms with Crippen molar-refractivity contribution in [2.45, 2.75) is 13.8 Å². The molecule has 1 N–H and O–H groups in total. The molecule has 2 aromatic rings. The van der Waals surface area contributed by atoms with E-state index in [1.54, 1.807) is 0 Å². The molecule has 0 bridgehead atoms. The van der Waals surface area contributed by atoms with E-state index in [1.807, 2.05) is 38.1 Å². The van der Waals surface area contributed by atoms with Crippen molar-refractivity contribution in [3.63, 3.8) is 0 Å². The number of aryl methyl sites for hydroxylation is 2. The molecule has 0 atom stereocenters. The first-order valence-electron chi connectivity index (χ1n) is 5.31. The highest BCUT2D eigenvalue weighted by atomic mass is 79.9. The number of halogens is 2. The minimum atomic E-state index is -0.0832. The van der Waals surface area contributed by atoms with Gasteiger partial charge in [-0.3, -0.25) is 4.79 Å². The fourth-order valence-electron chi connectivity index (χ4n) is 1.51. The number of amides is 1. The zero-order valence-corrected chi connectivity index (χ0v) is 13.9. The summed E-state index contributed by atoms with van der Waals surface area (Å²) in [4.78, 5) is 12.8. The number of carbonyl (C=O) groups excluding carboxylic acids is 1. The zero-order valence-electron chi connectivity index (χ0n) is 9.88. The molecule has 1 amide bonds. The predicted octanol–water partition coefficient (Wildman–Crippen LogP) is 5.14. The Morgan fingerprint density at radius 1 is 1.22 bits per heavy atom. The Labute approximate surface area is 127 Å². The highest BCUT2D eigenvalue weighted by molar-refractivity contribution is 9.13. The van der Waals surface area contributed by atoms with Crippen LogP contribution >= 0.6 is 43.2 Å². The second kappa shape index (κ2) is 5.55. The van der Waals surface area contributed by atoms with Crippen molar-refractivity contribution >= 4 is 54.8 Å². The summed E-state index contributed by atoms with van der Waals surface area (Å²) in [6, 6.07) is 7.83. The molecule has 1 heterocycles. The summed E-state index contributed by atoms with van der Waals surface area (Å²) in [6.45, 7) is 3.99. The summed E-state index contributed by atoms with van der Waals surface area (Å²) < 4.78 is 1.83. The van der Waals surface area contributed by atoms with Gasteiger partial charge in [-0.2, -0.15) is 0 Å². The topological polar surface area (TPSA) is 29.1 Å². The van der Waals surface area contributed by atoms with Crippen LogP contribution in [0.5, 0.6) is 0 Å². The lowest BCUT2D eigenvalue weighted by Gasteiger charge is -2.08. The average molecular weight is 389 g/mol. The van der Waals surface area contributed by atoms with E-state index in [2.05, 4.69) is 37.2 Å². The second-order valence-electron chi connectivity index (χ2n) is 4.00. The molecule has 0 aliphatic heterocycles. The normalized spacial score (nSPS) is 10.4. The van der Waals surface area contributed by atoms with Gasteiger partial charge in [0.1, 0.15) is 0 Å². The molecule has 94 valence electrons. The number of nitrogens with one attached hydrogen (secondary N) is 1. The van der Waals surface area contributed by atoms with Gasteiger partial charge in [-0.25, -0.2) is 0 Å². The largest absolute Gasteiger partial charge is 0.321 e. The van der Waals surface area contributed by atoms with Crippen LogP contribution in [-0.2, 0) is 0 Å². The molecule has 0 aliphatic rings. The molecule has 0 saturated carbocycles. The Bertz CT molecular complexity index is 588. The lowest BCUT2D eigenvalue weighted by Crippen LogP contribution is -2.11. The van der Waals surface area contributed by atoms with Crippen LogP contribution in [0.3, 0.4) is 0 Å². The first-order chi connectivity index (χ1) is 8.47. The van der Waals surface area contributed by atoms with Crippen LogP contribution in [0.25, 0.3) is 0 Å². The maximum absolute atomic E-state index is 12.1. The standard InChI is InChI=1S/C13H11Br2NOS/c1-7-3-4-8(2)10(5-7)16-13(17)11-6-9(14)12(15)18-11/h3-6H,1-2H3,(H,16,17). The van der Waals surface area contributed by atoms with Gasteiger partial charge in [-0.05, 0) is 69.0 Å². The van der Waals surface area contributed by atoms with Crippen molar-refractivity contribution in [3.05, 3.63) is 48.5 Å². The Balaban J connectivity index is 2.23. The third-order valence-corrected chi connectivity index (χ3v) is 5.77. The van der Waals surface area contributed by atoms with Gasteiger partial charge >= 0.3 is 0 Å². The SMILES string of the molecule is Cc1ccc(C)c(NC(=O)c2cc(Br)c(Br)s2)c1. The molecule has 1 aromatic heterocycles. The summed E-state index contributed by atoms with van der Waals surface area (Å²) in [6.07, 6.45) is 0. The first kappa shape index (κ1) is 13.8. The monoisotopic (exact) mass is 387 g/mol. The van der Waals surface area contributed by atoms with Crippen LogP contribution in [0.2, 0.25) is 0 Å². The van der Waals surface area contributed by atoms with Crippen molar-refractivity contribution in [3.8, 4) is 0 Å². The smallest absolute Gasteiger partial charge is 0.265 e. The van der Waals surface area contributed by atoms with Gasteiger partial charge in [0.05, 0.1) is 8.66 Å². The van der Waals surface area contributed by atoms with Gasteiger partial charge in [0.25, 0.3) is 5.91 Å². The first-order valence-corrected chi connectivity index (χ1v) is 7.71. The minimum Gasteiger partial charge on any atom is -0.321 e. The summed E-state index contributed by atoms with van der Waals surface area (Å²) in [5.41, 5.74) is 3.05. The van der Waals surface area contributed by atoms with Crippen molar-refractivity contribution in [1.82, 2.24) is 0 Å². The van der Waals surface area contributed by atoms with Crippen LogP contribution in [0.15, 0.2) is 32.5 Å². The predicted molar refractivity (Wildman–Crippen MR) is 83.6 cm³/mol. The number of rotatable bonds is 2. The third-order valence-electron chi connectivity index (χ3n) is 2.51. The van der Waals surface area contributed by atoms with Crippen LogP contribution < -0.4 is 5.32 Å². The van der Waals surface area contributed by atoms with E-state index in [0.717, 1.165) is 25.1 Å². The molecule has 2 rings (SSSR count). The fraction of sp³-hybridized carbons (Fsp3) is 0.154. The molecule has 1 aromatic carbocycles. The van der Waals surface area contributed by atoms with E-state index >= 15 is 0 Å². The van der Waals surface area contributed by atoms with Gasteiger partial charge in [0, 0.05) is 10.2 Å². The Kier molecular flexibility index (Phi) is 4.25. The van der Waals surface area contributed by atoms with Crippen molar-refractivity contribution in [2.24, 2.45) is 0 Å². The van der Waals surface area contributed by atoms with E-state index in [9.17, 15) is 4.79 Å². The molecule has 0 radical (unpaired) electrons. The van der Waals surface area contributed by atoms with E-state index < -0.39 is 0 Å². The van der Waals surface area contributed by atoms with Crippen LogP contribution in [0.1, 0.15) is 20.8 Å². The van der Waals surface area contributed by atoms with Gasteiger partial charge in [-0.1, -0.05) is 12.1 Å². The van der Waals surface area contributed by atoms with Gasteiger partial charge in [-0.15, -0.1) is 11.3 Å². The Morgan fingerprint density at radius 2 is 1.94 bits per heavy atom. The number of benzene rings is 1. The van der Waals surface area contributed by atoms with Crippen molar-refractivity contribution in [2.75, 3.05) is 5.32 Å². The summed E-state index contributed by atoms with van der Waals surface area (Å²) >= 11 is 8.18. The molecular formula is C13H11Br2NOS. The molecule has 0 aliphatic carbocycles. The van der Waals surface area contributed by atoms with Gasteiger partial charge < -0.3 is 5.32 Å². The summed E-state index contributed by atoms with van der Waals surface area (Å²) in [7, 11) is 0. The summed E-state index contributed by atoms with van der Waals surface area (Å²) in [5.74, 6) is -0.0832. The lowest BCUT2D eigenvalue weighted by molar-refractivity contribution is 0.103. The van der Waals surface area contributed by atoms with Crippen molar-refractivity contribution < 1.29 is 4.79 Å². The average Bonchev–Trinajstić information content (AvgIpc) is 2.64. The lowest BCUT2D eigenvalue weighted by atomic mass is 10.1. The fourth-order valence-corrected chi connectivity index (χ4v) is 3.44. The maximum Gasteiger partial charge on any atom is 0.265 e. The third kappa shape index (κ3) is 3.02. The zero-order chi connectivity index (χ0) is 13.3. The van der Waals surface area contributed by atoms with Gasteiger partial charge in [0.15, 0.2) is 0 Å². The summed E-state index contributed by atoms with van der Waals surface area (Å²) in [5, 5.41) is 2.94. The second-order valence-corrected chi connectivity index (χ2v) is 7.23. The highest BCUT2D eigenvalue weighted by Gasteiger charge is 2.13. The van der Waals surface area contributed by atoms with Crippen molar-refractivity contribution in [1.29, 1.82) is 0 Å². The number of thiophene rings is 1. The molecule has 0 saturated heterocycles. The molecule has 5 heteroatoms. The van der Waals surface area contributed by atoms with Crippen LogP contribution in [0, 0.1) is 13.8 Å². The van der Waals surface area contributed by atoms with Crippen LogP contribution in [-0.4, -0.2) is 5.91 Å². The van der Waals surface area contributed by atoms with E-state index in [4.69, 9.17) is 0 Å². The molecular weight excluding hydrogens is 378 g/mol. The maximum atomic E-state index is 12.1. The van der Waals surface area contributed by atoms with Gasteiger partial charge in [0.2, 0.25) is 0 Å². The Hall–Kier alpha value is -0.650. The number of hydrogen-bond acceptors (Lipinski definition) is 2. The number of carbonyl (C=O) groups is 1. The highest BCUT2D eigenvalue weighted by Crippen LogP contribution is 2.32. The quantitative estimate of drug-likeness (QED) is 0.757. The molecule has 2 nitrogen and oxygen atoms in total. The molecule has 0 spiro atoms. The molecule has 0 unspecified atom stereocenters. The minimum absolute atomic E-state index is 0.0832. The van der Waals surface area contributed by atoms with Crippen LogP contribution in [0.4, 0.5) is 5.69 Å². The molecule has 0 fully saturated rings. The van der Waals surface area contributed by atoms with E-state index in [1.165, 1.54) is 11.3 Å². The van der Waals surface area contributed by atoms with E-state index in [0.29, 0.717) is 4.88 Å².